The summed E-state index contributed by atoms with van der Waals surface area (Å²) >= 11 is 5.35. The van der Waals surface area contributed by atoms with Crippen molar-refractivity contribution < 1.29 is 9.59 Å². The fourth-order valence-electron chi connectivity index (χ4n) is 2.63. The zero-order valence-corrected chi connectivity index (χ0v) is 15.8. The van der Waals surface area contributed by atoms with E-state index in [0.717, 1.165) is 5.56 Å². The summed E-state index contributed by atoms with van der Waals surface area (Å²) < 4.78 is 2.71. The van der Waals surface area contributed by atoms with Crippen molar-refractivity contribution in [2.24, 2.45) is 0 Å². The van der Waals surface area contributed by atoms with Crippen molar-refractivity contribution in [1.29, 1.82) is 5.26 Å². The van der Waals surface area contributed by atoms with Crippen LogP contribution in [0.4, 0.5) is 0 Å². The molecule has 28 heavy (non-hydrogen) atoms. The second kappa shape index (κ2) is 8.29. The van der Waals surface area contributed by atoms with Crippen molar-refractivity contribution >= 4 is 30.1 Å². The predicted octanol–water partition coefficient (Wildman–Crippen LogP) is 3.69. The Kier molecular flexibility index (Phi) is 5.63. The normalized spacial score (nSPS) is 10.9. The van der Waals surface area contributed by atoms with E-state index < -0.39 is 5.91 Å². The van der Waals surface area contributed by atoms with Gasteiger partial charge in [-0.25, -0.2) is 4.68 Å². The Morgan fingerprint density at radius 3 is 2.29 bits per heavy atom. The molecule has 0 saturated heterocycles. The number of hydrogen-bond acceptors (Lipinski definition) is 4. The molecular weight excluding hydrogens is 372 g/mol. The zero-order chi connectivity index (χ0) is 20.1. The van der Waals surface area contributed by atoms with Gasteiger partial charge in [0, 0.05) is 17.5 Å². The van der Waals surface area contributed by atoms with Crippen LogP contribution in [0.2, 0.25) is 0 Å². The van der Waals surface area contributed by atoms with Gasteiger partial charge in [-0.3, -0.25) is 19.6 Å². The van der Waals surface area contributed by atoms with E-state index in [0.29, 0.717) is 11.3 Å². The highest BCUT2D eigenvalue weighted by Gasteiger charge is 2.17. The van der Waals surface area contributed by atoms with E-state index in [1.807, 2.05) is 30.3 Å². The van der Waals surface area contributed by atoms with E-state index >= 15 is 0 Å². The summed E-state index contributed by atoms with van der Waals surface area (Å²) in [7, 11) is 0. The number of aryl methyl sites for hydroxylation is 1. The van der Waals surface area contributed by atoms with Gasteiger partial charge in [0.15, 0.2) is 0 Å². The molecule has 0 saturated carbocycles. The van der Waals surface area contributed by atoms with Gasteiger partial charge in [0.1, 0.15) is 11.6 Å². The molecule has 3 aromatic rings. The van der Waals surface area contributed by atoms with Gasteiger partial charge in [0.05, 0.1) is 0 Å². The summed E-state index contributed by atoms with van der Waals surface area (Å²) in [6.07, 6.45) is 3.02. The van der Waals surface area contributed by atoms with Crippen LogP contribution < -0.4 is 5.43 Å². The minimum Gasteiger partial charge on any atom is -0.268 e. The van der Waals surface area contributed by atoms with Crippen LogP contribution in [-0.2, 0) is 4.79 Å². The van der Waals surface area contributed by atoms with Crippen LogP contribution in [0, 0.1) is 23.0 Å². The first-order valence-electron chi connectivity index (χ1n) is 8.40. The Hall–Kier alpha value is -3.76. The molecule has 0 aliphatic rings. The van der Waals surface area contributed by atoms with E-state index in [-0.39, 0.29) is 16.3 Å². The lowest BCUT2D eigenvalue weighted by molar-refractivity contribution is -0.113. The molecule has 2 aromatic carbocycles. The van der Waals surface area contributed by atoms with E-state index in [2.05, 4.69) is 5.43 Å². The Labute approximate surface area is 166 Å². The number of amides is 1. The average Bonchev–Trinajstić information content (AvgIpc) is 3.00. The largest absolute Gasteiger partial charge is 0.280 e. The first-order chi connectivity index (χ1) is 13.5. The minimum atomic E-state index is -0.619. The molecule has 138 valence electrons. The molecule has 1 aromatic heterocycles. The van der Waals surface area contributed by atoms with Gasteiger partial charge in [-0.1, -0.05) is 48.5 Å². The first kappa shape index (κ1) is 19.0. The van der Waals surface area contributed by atoms with Crippen molar-refractivity contribution in [3.8, 4) is 6.07 Å². The Morgan fingerprint density at radius 2 is 1.68 bits per heavy atom. The molecule has 6 nitrogen and oxygen atoms in total. The molecule has 0 unspecified atom stereocenters. The maximum Gasteiger partial charge on any atom is 0.280 e. The highest BCUT2D eigenvalue weighted by molar-refractivity contribution is 7.71. The zero-order valence-electron chi connectivity index (χ0n) is 15.0. The molecule has 1 amide bonds. The maximum absolute atomic E-state index is 12.7. The van der Waals surface area contributed by atoms with Crippen LogP contribution in [0.3, 0.4) is 0 Å². The predicted molar refractivity (Wildman–Crippen MR) is 109 cm³/mol. The van der Waals surface area contributed by atoms with Gasteiger partial charge >= 0.3 is 0 Å². The van der Waals surface area contributed by atoms with Crippen LogP contribution in [-0.4, -0.2) is 21.1 Å². The SMILES string of the molecule is Cc1cn(NC(=O)/C(C#N)=C\c2ccccc2)c(=S)n1C(=O)c1ccccc1. The Bertz CT molecular complexity index is 1150. The lowest BCUT2D eigenvalue weighted by Crippen LogP contribution is -2.24. The molecule has 0 aliphatic carbocycles. The van der Waals surface area contributed by atoms with Crippen LogP contribution in [0.15, 0.2) is 72.4 Å². The number of benzene rings is 2. The third kappa shape index (κ3) is 3.98. The third-order valence-electron chi connectivity index (χ3n) is 3.99. The number of carbonyl (C=O) groups is 2. The quantitative estimate of drug-likeness (QED) is 0.420. The summed E-state index contributed by atoms with van der Waals surface area (Å²) in [5, 5.41) is 9.33. The standard InChI is InChI=1S/C21H16N4O2S/c1-15-14-24(21(28)25(15)20(27)17-10-6-3-7-11-17)23-19(26)18(13-22)12-16-8-4-2-5-9-16/h2-12,14H,1H3,(H,23,26)/b18-12-. The molecule has 7 heteroatoms. The van der Waals surface area contributed by atoms with Crippen LogP contribution >= 0.6 is 12.2 Å². The van der Waals surface area contributed by atoms with Crippen molar-refractivity contribution in [2.75, 3.05) is 5.43 Å². The monoisotopic (exact) mass is 388 g/mol. The van der Waals surface area contributed by atoms with E-state index in [4.69, 9.17) is 12.2 Å². The Balaban J connectivity index is 1.89. The molecule has 0 spiro atoms. The molecular formula is C21H16N4O2S. The Morgan fingerprint density at radius 1 is 1.07 bits per heavy atom. The van der Waals surface area contributed by atoms with E-state index in [1.54, 1.807) is 49.5 Å². The number of imidazole rings is 1. The minimum absolute atomic E-state index is 0.0760. The number of nitrogens with one attached hydrogen (secondary N) is 1. The summed E-state index contributed by atoms with van der Waals surface area (Å²) in [6, 6.07) is 19.7. The smallest absolute Gasteiger partial charge is 0.268 e. The fourth-order valence-corrected chi connectivity index (χ4v) is 2.95. The molecule has 3 rings (SSSR count). The highest BCUT2D eigenvalue weighted by Crippen LogP contribution is 2.11. The van der Waals surface area contributed by atoms with Gasteiger partial charge in [0.2, 0.25) is 4.77 Å². The van der Waals surface area contributed by atoms with Crippen molar-refractivity contribution in [1.82, 2.24) is 9.24 Å². The van der Waals surface area contributed by atoms with E-state index in [1.165, 1.54) is 15.3 Å². The number of rotatable bonds is 4. The van der Waals surface area contributed by atoms with Gasteiger partial charge in [-0.15, -0.1) is 0 Å². The van der Waals surface area contributed by atoms with Crippen LogP contribution in [0.1, 0.15) is 21.6 Å². The van der Waals surface area contributed by atoms with Gasteiger partial charge in [-0.2, -0.15) is 5.26 Å². The van der Waals surface area contributed by atoms with Gasteiger partial charge in [-0.05, 0) is 42.9 Å². The fraction of sp³-hybridized carbons (Fsp3) is 0.0476. The second-order valence-corrected chi connectivity index (χ2v) is 6.32. The lowest BCUT2D eigenvalue weighted by Gasteiger charge is -2.06. The first-order valence-corrected chi connectivity index (χ1v) is 8.81. The molecule has 0 fully saturated rings. The molecule has 0 atom stereocenters. The molecule has 0 bridgehead atoms. The van der Waals surface area contributed by atoms with Gasteiger partial charge in [0.25, 0.3) is 11.8 Å². The summed E-state index contributed by atoms with van der Waals surface area (Å²) in [5.74, 6) is -0.914. The third-order valence-corrected chi connectivity index (χ3v) is 4.37. The number of nitriles is 1. The lowest BCUT2D eigenvalue weighted by atomic mass is 10.1. The van der Waals surface area contributed by atoms with Gasteiger partial charge < -0.3 is 0 Å². The second-order valence-electron chi connectivity index (χ2n) is 5.95. The number of aromatic nitrogens is 2. The molecule has 0 radical (unpaired) electrons. The van der Waals surface area contributed by atoms with Crippen molar-refractivity contribution in [3.05, 3.63) is 94.0 Å². The topological polar surface area (TPSA) is 79.8 Å². The molecule has 1 heterocycles. The summed E-state index contributed by atoms with van der Waals surface area (Å²) in [6.45, 7) is 1.71. The highest BCUT2D eigenvalue weighted by atomic mass is 32.1. The van der Waals surface area contributed by atoms with Crippen LogP contribution in [0.5, 0.6) is 0 Å². The molecule has 1 N–H and O–H groups in total. The summed E-state index contributed by atoms with van der Waals surface area (Å²) in [5.41, 5.74) is 4.25. The number of nitrogens with zero attached hydrogens (tertiary/aromatic N) is 3. The van der Waals surface area contributed by atoms with Crippen LogP contribution in [0.25, 0.3) is 6.08 Å². The molecule has 0 aliphatic heterocycles. The van der Waals surface area contributed by atoms with E-state index in [9.17, 15) is 14.9 Å². The maximum atomic E-state index is 12.7. The summed E-state index contributed by atoms with van der Waals surface area (Å²) in [4.78, 5) is 25.2. The number of carbonyl (C=O) groups excluding carboxylic acids is 2. The van der Waals surface area contributed by atoms with Crippen molar-refractivity contribution in [3.63, 3.8) is 0 Å². The average molecular weight is 388 g/mol. The number of hydrogen-bond donors (Lipinski definition) is 1. The van der Waals surface area contributed by atoms with Crippen molar-refractivity contribution in [2.45, 2.75) is 6.92 Å².